The first-order valence-electron chi connectivity index (χ1n) is 10.9. The molecule has 0 spiro atoms. The lowest BCUT2D eigenvalue weighted by Crippen LogP contribution is -2.59. The summed E-state index contributed by atoms with van der Waals surface area (Å²) in [4.78, 5) is 8.17. The summed E-state index contributed by atoms with van der Waals surface area (Å²) in [5.74, 6) is 0.902. The Morgan fingerprint density at radius 3 is 2.12 bits per heavy atom. The van der Waals surface area contributed by atoms with E-state index in [9.17, 15) is 0 Å². The van der Waals surface area contributed by atoms with Gasteiger partial charge in [-0.05, 0) is 65.8 Å². The largest absolute Gasteiger partial charge is 0.372 e. The third-order valence-electron chi connectivity index (χ3n) is 7.49. The SMILES string of the molecule is CC(CC1CCN1C(C)C)N1CCC(CC(C)N2CC3CC(C2)O3)C1. The molecule has 6 atom stereocenters. The highest BCUT2D eigenvalue weighted by Crippen LogP contribution is 2.33. The fourth-order valence-corrected chi connectivity index (χ4v) is 5.77. The van der Waals surface area contributed by atoms with Crippen molar-refractivity contribution >= 4 is 0 Å². The van der Waals surface area contributed by atoms with Crippen molar-refractivity contribution in [3.63, 3.8) is 0 Å². The van der Waals surface area contributed by atoms with E-state index in [2.05, 4.69) is 42.4 Å². The summed E-state index contributed by atoms with van der Waals surface area (Å²) < 4.78 is 5.80. The van der Waals surface area contributed by atoms with Crippen LogP contribution in [0.25, 0.3) is 0 Å². The normalized spacial score (nSPS) is 39.2. The summed E-state index contributed by atoms with van der Waals surface area (Å²) in [6, 6.07) is 3.05. The monoisotopic (exact) mass is 349 g/mol. The highest BCUT2D eigenvalue weighted by molar-refractivity contribution is 4.93. The van der Waals surface area contributed by atoms with E-state index in [0.29, 0.717) is 12.2 Å². The number of likely N-dealkylation sites (tertiary alicyclic amines) is 2. The van der Waals surface area contributed by atoms with Crippen LogP contribution in [0.1, 0.15) is 59.8 Å². The fourth-order valence-electron chi connectivity index (χ4n) is 5.77. The van der Waals surface area contributed by atoms with Gasteiger partial charge in [-0.15, -0.1) is 0 Å². The van der Waals surface area contributed by atoms with Gasteiger partial charge >= 0.3 is 0 Å². The van der Waals surface area contributed by atoms with Gasteiger partial charge in [0, 0.05) is 56.8 Å². The lowest BCUT2D eigenvalue weighted by molar-refractivity contribution is -0.187. The molecule has 0 aliphatic carbocycles. The molecular weight excluding hydrogens is 310 g/mol. The predicted molar refractivity (Wildman–Crippen MR) is 103 cm³/mol. The molecule has 0 aromatic carbocycles. The topological polar surface area (TPSA) is 19.0 Å². The Labute approximate surface area is 154 Å². The molecule has 4 heteroatoms. The van der Waals surface area contributed by atoms with Crippen molar-refractivity contribution < 1.29 is 4.74 Å². The zero-order chi connectivity index (χ0) is 17.6. The maximum Gasteiger partial charge on any atom is 0.0731 e. The van der Waals surface area contributed by atoms with Gasteiger partial charge in [-0.2, -0.15) is 0 Å². The molecule has 5 rings (SSSR count). The number of fused-ring (bicyclic) bond motifs is 2. The van der Waals surface area contributed by atoms with Crippen LogP contribution in [-0.4, -0.2) is 83.8 Å². The van der Waals surface area contributed by atoms with Crippen LogP contribution in [0.15, 0.2) is 0 Å². The molecule has 2 bridgehead atoms. The maximum atomic E-state index is 5.80. The average molecular weight is 350 g/mol. The van der Waals surface area contributed by atoms with Crippen LogP contribution in [0.4, 0.5) is 0 Å². The maximum absolute atomic E-state index is 5.80. The van der Waals surface area contributed by atoms with E-state index in [1.165, 1.54) is 64.8 Å². The van der Waals surface area contributed by atoms with Gasteiger partial charge in [0.2, 0.25) is 0 Å². The molecule has 25 heavy (non-hydrogen) atoms. The molecular formula is C21H39N3O. The third kappa shape index (κ3) is 3.92. The number of ether oxygens (including phenoxy) is 1. The molecule has 0 aromatic rings. The highest BCUT2D eigenvalue weighted by atomic mass is 16.5. The second-order valence-electron chi connectivity index (χ2n) is 9.66. The quantitative estimate of drug-likeness (QED) is 0.703. The van der Waals surface area contributed by atoms with E-state index < -0.39 is 0 Å². The number of rotatable bonds is 7. The summed E-state index contributed by atoms with van der Waals surface area (Å²) in [5, 5.41) is 0. The zero-order valence-corrected chi connectivity index (χ0v) is 16.9. The molecule has 4 nitrogen and oxygen atoms in total. The fraction of sp³-hybridized carbons (Fsp3) is 1.00. The van der Waals surface area contributed by atoms with Crippen LogP contribution in [0.3, 0.4) is 0 Å². The summed E-state index contributed by atoms with van der Waals surface area (Å²) in [5.41, 5.74) is 0. The second kappa shape index (κ2) is 7.46. The molecule has 6 unspecified atom stereocenters. The minimum atomic E-state index is 0.549. The molecule has 5 fully saturated rings. The summed E-state index contributed by atoms with van der Waals surface area (Å²) >= 11 is 0. The molecule has 144 valence electrons. The Bertz CT molecular complexity index is 440. The van der Waals surface area contributed by atoms with Crippen LogP contribution in [-0.2, 0) is 4.74 Å². The molecule has 0 aromatic heterocycles. The van der Waals surface area contributed by atoms with Crippen LogP contribution in [0, 0.1) is 5.92 Å². The second-order valence-corrected chi connectivity index (χ2v) is 9.66. The van der Waals surface area contributed by atoms with Crippen molar-refractivity contribution in [1.82, 2.24) is 14.7 Å². The smallest absolute Gasteiger partial charge is 0.0731 e. The lowest BCUT2D eigenvalue weighted by Gasteiger charge is -2.49. The molecule has 5 aliphatic heterocycles. The molecule has 0 radical (unpaired) electrons. The predicted octanol–water partition coefficient (Wildman–Crippen LogP) is 2.82. The molecule has 5 heterocycles. The minimum absolute atomic E-state index is 0.549. The Balaban J connectivity index is 1.20. The van der Waals surface area contributed by atoms with Crippen molar-refractivity contribution in [3.05, 3.63) is 0 Å². The van der Waals surface area contributed by atoms with E-state index in [-0.39, 0.29) is 0 Å². The van der Waals surface area contributed by atoms with E-state index in [4.69, 9.17) is 4.74 Å². The third-order valence-corrected chi connectivity index (χ3v) is 7.49. The van der Waals surface area contributed by atoms with Crippen molar-refractivity contribution in [3.8, 4) is 0 Å². The van der Waals surface area contributed by atoms with Gasteiger partial charge in [0.05, 0.1) is 12.2 Å². The van der Waals surface area contributed by atoms with Gasteiger partial charge in [0.25, 0.3) is 0 Å². The van der Waals surface area contributed by atoms with Gasteiger partial charge in [-0.1, -0.05) is 0 Å². The van der Waals surface area contributed by atoms with Crippen LogP contribution in [0.2, 0.25) is 0 Å². The first-order valence-corrected chi connectivity index (χ1v) is 10.9. The summed E-state index contributed by atoms with van der Waals surface area (Å²) in [6.07, 6.45) is 7.98. The molecule has 0 N–H and O–H groups in total. The van der Waals surface area contributed by atoms with Crippen molar-refractivity contribution in [1.29, 1.82) is 0 Å². The summed E-state index contributed by atoms with van der Waals surface area (Å²) in [6.45, 7) is 15.9. The van der Waals surface area contributed by atoms with Crippen molar-refractivity contribution in [2.75, 3.05) is 32.7 Å². The van der Waals surface area contributed by atoms with Crippen LogP contribution >= 0.6 is 0 Å². The van der Waals surface area contributed by atoms with E-state index in [1.54, 1.807) is 0 Å². The van der Waals surface area contributed by atoms with Crippen LogP contribution in [0.5, 0.6) is 0 Å². The van der Waals surface area contributed by atoms with Gasteiger partial charge in [-0.25, -0.2) is 0 Å². The summed E-state index contributed by atoms with van der Waals surface area (Å²) in [7, 11) is 0. The number of morpholine rings is 1. The first kappa shape index (κ1) is 18.2. The lowest BCUT2D eigenvalue weighted by atomic mass is 9.93. The standard InChI is InChI=1S/C21H39N3O/c1-15(2)24-8-6-19(24)10-17(4)22-7-5-18(12-22)9-16(3)23-13-20-11-21(14-23)25-20/h15-21H,5-14H2,1-4H3. The Morgan fingerprint density at radius 1 is 0.840 bits per heavy atom. The zero-order valence-electron chi connectivity index (χ0n) is 16.9. The Hall–Kier alpha value is -0.160. The minimum Gasteiger partial charge on any atom is -0.372 e. The van der Waals surface area contributed by atoms with E-state index in [0.717, 1.165) is 30.1 Å². The number of piperidine rings is 1. The van der Waals surface area contributed by atoms with Gasteiger partial charge in [0.15, 0.2) is 0 Å². The molecule has 5 aliphatic rings. The molecule has 0 amide bonds. The number of hydrogen-bond acceptors (Lipinski definition) is 4. The van der Waals surface area contributed by atoms with Gasteiger partial charge < -0.3 is 9.64 Å². The van der Waals surface area contributed by atoms with Gasteiger partial charge in [-0.3, -0.25) is 9.80 Å². The van der Waals surface area contributed by atoms with Crippen molar-refractivity contribution in [2.24, 2.45) is 5.92 Å². The Kier molecular flexibility index (Phi) is 5.43. The first-order chi connectivity index (χ1) is 12.0. The highest BCUT2D eigenvalue weighted by Gasteiger charge is 2.40. The Morgan fingerprint density at radius 2 is 1.52 bits per heavy atom. The van der Waals surface area contributed by atoms with Crippen LogP contribution < -0.4 is 0 Å². The molecule has 5 saturated heterocycles. The number of nitrogens with zero attached hydrogens (tertiary/aromatic N) is 3. The van der Waals surface area contributed by atoms with E-state index >= 15 is 0 Å². The average Bonchev–Trinajstić information content (AvgIpc) is 2.98. The van der Waals surface area contributed by atoms with E-state index in [1.807, 2.05) is 0 Å². The number of hydrogen-bond donors (Lipinski definition) is 0. The van der Waals surface area contributed by atoms with Gasteiger partial charge in [0.1, 0.15) is 0 Å². The molecule has 0 saturated carbocycles. The van der Waals surface area contributed by atoms with Crippen molar-refractivity contribution in [2.45, 2.75) is 96.2 Å².